The largest absolute Gasteiger partial charge is 0.485 e. The predicted molar refractivity (Wildman–Crippen MR) is 85.5 cm³/mol. The van der Waals surface area contributed by atoms with Crippen molar-refractivity contribution in [2.24, 2.45) is 0 Å². The second-order valence-electron chi connectivity index (χ2n) is 5.33. The number of hydrogen-bond acceptors (Lipinski definition) is 4. The van der Waals surface area contributed by atoms with Gasteiger partial charge in [-0.3, -0.25) is 14.3 Å². The summed E-state index contributed by atoms with van der Waals surface area (Å²) in [6.45, 7) is 0.165. The summed E-state index contributed by atoms with van der Waals surface area (Å²) in [6, 6.07) is 6.65. The Kier molecular flexibility index (Phi) is 3.01. The minimum absolute atomic E-state index is 0.133. The Balaban J connectivity index is 2.05. The van der Waals surface area contributed by atoms with E-state index in [0.717, 1.165) is 11.8 Å². The smallest absolute Gasteiger partial charge is 0.249 e. The van der Waals surface area contributed by atoms with Gasteiger partial charge >= 0.3 is 0 Å². The third-order valence-electron chi connectivity index (χ3n) is 3.83. The molecule has 0 amide bonds. The van der Waals surface area contributed by atoms with Crippen LogP contribution in [0.15, 0.2) is 47.7 Å². The van der Waals surface area contributed by atoms with E-state index in [0.29, 0.717) is 28.3 Å². The summed E-state index contributed by atoms with van der Waals surface area (Å²) in [5, 5.41) is 0. The van der Waals surface area contributed by atoms with Crippen molar-refractivity contribution in [3.63, 3.8) is 0 Å². The lowest BCUT2D eigenvalue weighted by Crippen LogP contribution is -2.37. The predicted octanol–water partition coefficient (Wildman–Crippen LogP) is 0.584. The lowest BCUT2D eigenvalue weighted by Gasteiger charge is -2.24. The molecule has 112 valence electrons. The highest BCUT2D eigenvalue weighted by Crippen LogP contribution is 2.35. The van der Waals surface area contributed by atoms with Gasteiger partial charge in [0.2, 0.25) is 5.56 Å². The zero-order valence-electron chi connectivity index (χ0n) is 12.3. The molecule has 0 aromatic carbocycles. The van der Waals surface area contributed by atoms with Crippen LogP contribution in [0.25, 0.3) is 16.9 Å². The number of ether oxygens (including phenoxy) is 1. The highest BCUT2D eigenvalue weighted by molar-refractivity contribution is 6.32. The Morgan fingerprint density at radius 1 is 1.30 bits per heavy atom. The van der Waals surface area contributed by atoms with Crippen LogP contribution in [0.4, 0.5) is 4.39 Å². The maximum atomic E-state index is 13.4. The Hall–Kier alpha value is -2.96. The third-order valence-corrected chi connectivity index (χ3v) is 3.83. The minimum Gasteiger partial charge on any atom is -0.485 e. The van der Waals surface area contributed by atoms with Crippen molar-refractivity contribution in [2.45, 2.75) is 6.61 Å². The highest BCUT2D eigenvalue weighted by atomic mass is 19.1. The van der Waals surface area contributed by atoms with Crippen LogP contribution in [0.1, 0.15) is 5.69 Å². The molecule has 0 saturated carbocycles. The SMILES string of the molecule is Bc1cc2c(n(-c3cccnc3)c1=O)COc1cc(F)cnc1-2. The first-order chi connectivity index (χ1) is 11.1. The Morgan fingerprint density at radius 2 is 2.17 bits per heavy atom. The number of aromatic nitrogens is 3. The molecular formula is C16H11BFN3O2. The molecule has 0 saturated heterocycles. The minimum atomic E-state index is -0.454. The number of hydrogen-bond donors (Lipinski definition) is 0. The van der Waals surface area contributed by atoms with Crippen molar-refractivity contribution in [1.29, 1.82) is 0 Å². The zero-order valence-corrected chi connectivity index (χ0v) is 12.3. The van der Waals surface area contributed by atoms with E-state index in [9.17, 15) is 9.18 Å². The van der Waals surface area contributed by atoms with E-state index in [-0.39, 0.29) is 12.2 Å². The van der Waals surface area contributed by atoms with Gasteiger partial charge in [-0.05, 0) is 17.6 Å². The molecule has 0 radical (unpaired) electrons. The zero-order chi connectivity index (χ0) is 16.0. The van der Waals surface area contributed by atoms with E-state index >= 15 is 0 Å². The van der Waals surface area contributed by atoms with Crippen LogP contribution < -0.4 is 15.8 Å². The first kappa shape index (κ1) is 13.7. The highest BCUT2D eigenvalue weighted by Gasteiger charge is 2.24. The van der Waals surface area contributed by atoms with Crippen LogP contribution >= 0.6 is 0 Å². The lowest BCUT2D eigenvalue weighted by atomic mass is 9.93. The summed E-state index contributed by atoms with van der Waals surface area (Å²) in [5.74, 6) is -0.0715. The van der Waals surface area contributed by atoms with Gasteiger partial charge in [0, 0.05) is 17.8 Å². The van der Waals surface area contributed by atoms with Crippen molar-refractivity contribution in [2.75, 3.05) is 0 Å². The van der Waals surface area contributed by atoms with Gasteiger partial charge in [-0.1, -0.05) is 6.07 Å². The second kappa shape index (κ2) is 5.05. The van der Waals surface area contributed by atoms with Crippen molar-refractivity contribution in [1.82, 2.24) is 14.5 Å². The average molecular weight is 307 g/mol. The molecular weight excluding hydrogens is 296 g/mol. The normalized spacial score (nSPS) is 12.2. The molecule has 0 atom stereocenters. The molecule has 3 aromatic rings. The monoisotopic (exact) mass is 307 g/mol. The maximum Gasteiger partial charge on any atom is 0.249 e. The first-order valence-corrected chi connectivity index (χ1v) is 7.10. The van der Waals surface area contributed by atoms with Gasteiger partial charge in [-0.2, -0.15) is 0 Å². The van der Waals surface area contributed by atoms with E-state index in [4.69, 9.17) is 4.74 Å². The van der Waals surface area contributed by atoms with Crippen molar-refractivity contribution >= 4 is 13.3 Å². The van der Waals surface area contributed by atoms with Crippen LogP contribution in [0.3, 0.4) is 0 Å². The van der Waals surface area contributed by atoms with Crippen molar-refractivity contribution < 1.29 is 9.13 Å². The van der Waals surface area contributed by atoms with E-state index < -0.39 is 5.82 Å². The molecule has 0 spiro atoms. The Labute approximate surface area is 131 Å². The van der Waals surface area contributed by atoms with Gasteiger partial charge in [0.1, 0.15) is 31.7 Å². The van der Waals surface area contributed by atoms with Crippen molar-refractivity contribution in [3.05, 3.63) is 64.7 Å². The van der Waals surface area contributed by atoms with Crippen LogP contribution in [0.2, 0.25) is 0 Å². The lowest BCUT2D eigenvalue weighted by molar-refractivity contribution is 0.290. The summed E-state index contributed by atoms with van der Waals surface area (Å²) < 4.78 is 20.5. The number of fused-ring (bicyclic) bond motifs is 3. The molecule has 1 aliphatic heterocycles. The molecule has 4 heterocycles. The Morgan fingerprint density at radius 3 is 2.96 bits per heavy atom. The number of pyridine rings is 3. The fraction of sp³-hybridized carbons (Fsp3) is 0.0625. The van der Waals surface area contributed by atoms with Gasteiger partial charge in [-0.15, -0.1) is 0 Å². The number of halogens is 1. The van der Waals surface area contributed by atoms with Crippen LogP contribution in [-0.2, 0) is 6.61 Å². The molecule has 0 N–H and O–H groups in total. The molecule has 0 bridgehead atoms. The van der Waals surface area contributed by atoms with Gasteiger partial charge in [0.25, 0.3) is 0 Å². The summed E-state index contributed by atoms with van der Waals surface area (Å²) in [7, 11) is 1.74. The molecule has 5 nitrogen and oxygen atoms in total. The molecule has 23 heavy (non-hydrogen) atoms. The second-order valence-corrected chi connectivity index (χ2v) is 5.33. The van der Waals surface area contributed by atoms with Gasteiger partial charge in [0.15, 0.2) is 0 Å². The molecule has 0 aliphatic carbocycles. The van der Waals surface area contributed by atoms with Gasteiger partial charge in [0.05, 0.1) is 23.8 Å². The Bertz CT molecular complexity index is 973. The summed E-state index contributed by atoms with van der Waals surface area (Å²) in [4.78, 5) is 20.8. The van der Waals surface area contributed by atoms with Crippen LogP contribution in [-0.4, -0.2) is 22.4 Å². The summed E-state index contributed by atoms with van der Waals surface area (Å²) in [5.41, 5.74) is 3.09. The molecule has 4 rings (SSSR count). The molecule has 0 fully saturated rings. The molecule has 7 heteroatoms. The number of rotatable bonds is 1. The van der Waals surface area contributed by atoms with Crippen LogP contribution in [0, 0.1) is 5.82 Å². The standard InChI is InChI=1S/C16H11BFN3O2/c17-12-5-11-13(8-23-14-4-9(18)6-20-15(11)14)21(16(12)22)10-2-1-3-19-7-10/h1-7H,8,17H2. The molecule has 0 unspecified atom stereocenters. The first-order valence-electron chi connectivity index (χ1n) is 7.10. The third kappa shape index (κ3) is 2.12. The van der Waals surface area contributed by atoms with Crippen LogP contribution in [0.5, 0.6) is 5.75 Å². The van der Waals surface area contributed by atoms with E-state index in [1.165, 1.54) is 6.07 Å². The topological polar surface area (TPSA) is 57.0 Å². The fourth-order valence-electron chi connectivity index (χ4n) is 2.77. The quantitative estimate of drug-likeness (QED) is 0.617. The molecule has 3 aromatic heterocycles. The van der Waals surface area contributed by atoms with E-state index in [2.05, 4.69) is 9.97 Å². The van der Waals surface area contributed by atoms with E-state index in [1.807, 2.05) is 6.07 Å². The van der Waals surface area contributed by atoms with Gasteiger partial charge in [-0.25, -0.2) is 9.37 Å². The van der Waals surface area contributed by atoms with E-state index in [1.54, 1.807) is 36.9 Å². The van der Waals surface area contributed by atoms with Gasteiger partial charge < -0.3 is 4.74 Å². The maximum absolute atomic E-state index is 13.4. The average Bonchev–Trinajstić information content (AvgIpc) is 2.56. The number of nitrogens with zero attached hydrogens (tertiary/aromatic N) is 3. The van der Waals surface area contributed by atoms with Crippen molar-refractivity contribution in [3.8, 4) is 22.7 Å². The summed E-state index contributed by atoms with van der Waals surface area (Å²) >= 11 is 0. The fourth-order valence-corrected chi connectivity index (χ4v) is 2.77. The summed E-state index contributed by atoms with van der Waals surface area (Å²) in [6.07, 6.45) is 4.41. The molecule has 1 aliphatic rings.